The van der Waals surface area contributed by atoms with E-state index in [-0.39, 0.29) is 19.2 Å². The number of carboxylic acids is 1. The third kappa shape index (κ3) is 6.42. The predicted octanol–water partition coefficient (Wildman–Crippen LogP) is 2.27. The smallest absolute Gasteiger partial charge is 0.308 e. The third-order valence-corrected chi connectivity index (χ3v) is 8.01. The summed E-state index contributed by atoms with van der Waals surface area (Å²) in [5.74, 6) is -0.590. The zero-order valence-electron chi connectivity index (χ0n) is 23.5. The van der Waals surface area contributed by atoms with Gasteiger partial charge in [-0.2, -0.15) is 0 Å². The normalized spacial score (nSPS) is 23.4. The molecule has 2 fully saturated rings. The number of carbonyl (C=O) groups excluding carboxylic acids is 1. The molecule has 39 heavy (non-hydrogen) atoms. The van der Waals surface area contributed by atoms with Crippen LogP contribution in [0.1, 0.15) is 51.5 Å². The van der Waals surface area contributed by atoms with Crippen LogP contribution in [0.2, 0.25) is 0 Å². The topological polar surface area (TPSA) is 133 Å². The highest BCUT2D eigenvalue weighted by molar-refractivity contribution is 5.79. The number of nitrogens with two attached hydrogens (primary N) is 1. The number of benzene rings is 1. The van der Waals surface area contributed by atoms with E-state index in [2.05, 4.69) is 6.92 Å². The van der Waals surface area contributed by atoms with Gasteiger partial charge in [0.15, 0.2) is 17.8 Å². The van der Waals surface area contributed by atoms with Crippen LogP contribution in [-0.2, 0) is 19.1 Å². The van der Waals surface area contributed by atoms with Crippen LogP contribution >= 0.6 is 0 Å². The molecular weight excluding hydrogens is 506 g/mol. The predicted molar refractivity (Wildman–Crippen MR) is 143 cm³/mol. The summed E-state index contributed by atoms with van der Waals surface area (Å²) in [6.07, 6.45) is 1.89. The molecule has 11 heteroatoms. The van der Waals surface area contributed by atoms with Crippen molar-refractivity contribution in [2.45, 2.75) is 58.3 Å². The summed E-state index contributed by atoms with van der Waals surface area (Å²) in [5, 5.41) is 10.6. The van der Waals surface area contributed by atoms with E-state index in [1.54, 1.807) is 12.0 Å². The summed E-state index contributed by atoms with van der Waals surface area (Å²) >= 11 is 0. The van der Waals surface area contributed by atoms with Crippen molar-refractivity contribution in [1.29, 1.82) is 0 Å². The number of nitrogens with zero attached hydrogens (tertiary/aromatic N) is 2. The number of rotatable bonds is 13. The first kappa shape index (κ1) is 29.4. The Kier molecular flexibility index (Phi) is 9.58. The van der Waals surface area contributed by atoms with Crippen LogP contribution in [-0.4, -0.2) is 99.0 Å². The number of likely N-dealkylation sites (tertiary alicyclic amines) is 1. The van der Waals surface area contributed by atoms with Crippen molar-refractivity contribution < 1.29 is 38.4 Å². The highest BCUT2D eigenvalue weighted by Crippen LogP contribution is 2.48. The number of amides is 1. The van der Waals surface area contributed by atoms with Gasteiger partial charge in [0.2, 0.25) is 18.4 Å². The van der Waals surface area contributed by atoms with E-state index >= 15 is 0 Å². The standard InChI is InChI=1S/C28H43N3O8/c1-5-6-8-30(9-7-29)23(32)16-31-15-19(18-12-21(35-4)25-22(13-18)38-17-39-25)24(26(33)34)20(31)14-28(2,3)27-36-10-11-37-27/h12-13,19-20,24,27H,5-11,14-17,29H2,1-4H3,(H,33,34)/t19-,20+,24-/m1/s1. The van der Waals surface area contributed by atoms with Gasteiger partial charge in [0.25, 0.3) is 0 Å². The summed E-state index contributed by atoms with van der Waals surface area (Å²) in [5.41, 5.74) is 6.11. The second-order valence-electron chi connectivity index (χ2n) is 11.2. The molecule has 0 unspecified atom stereocenters. The largest absolute Gasteiger partial charge is 0.493 e. The molecule has 1 amide bonds. The molecule has 0 radical (unpaired) electrons. The summed E-state index contributed by atoms with van der Waals surface area (Å²) in [6, 6.07) is 3.23. The minimum absolute atomic E-state index is 0.0434. The van der Waals surface area contributed by atoms with Crippen molar-refractivity contribution in [2.24, 2.45) is 17.1 Å². The van der Waals surface area contributed by atoms with E-state index < -0.39 is 35.6 Å². The van der Waals surface area contributed by atoms with Crippen molar-refractivity contribution in [2.75, 3.05) is 59.8 Å². The molecule has 0 saturated carbocycles. The first-order chi connectivity index (χ1) is 18.7. The first-order valence-electron chi connectivity index (χ1n) is 13.9. The third-order valence-electron chi connectivity index (χ3n) is 8.01. The fourth-order valence-electron chi connectivity index (χ4n) is 6.03. The van der Waals surface area contributed by atoms with E-state index in [9.17, 15) is 14.7 Å². The van der Waals surface area contributed by atoms with E-state index in [4.69, 9.17) is 29.4 Å². The molecule has 11 nitrogen and oxygen atoms in total. The van der Waals surface area contributed by atoms with E-state index in [1.165, 1.54) is 0 Å². The maximum absolute atomic E-state index is 13.5. The number of carbonyl (C=O) groups is 2. The van der Waals surface area contributed by atoms with Gasteiger partial charge in [-0.25, -0.2) is 0 Å². The Bertz CT molecular complexity index is 1010. The maximum atomic E-state index is 13.5. The van der Waals surface area contributed by atoms with Crippen LogP contribution in [0.15, 0.2) is 12.1 Å². The molecule has 3 aliphatic heterocycles. The van der Waals surface area contributed by atoms with Crippen LogP contribution in [0, 0.1) is 11.3 Å². The number of hydrogen-bond acceptors (Lipinski definition) is 9. The van der Waals surface area contributed by atoms with Crippen LogP contribution in [0.5, 0.6) is 17.2 Å². The monoisotopic (exact) mass is 549 g/mol. The van der Waals surface area contributed by atoms with Crippen LogP contribution in [0.3, 0.4) is 0 Å². The summed E-state index contributed by atoms with van der Waals surface area (Å²) < 4.78 is 28.4. The highest BCUT2D eigenvalue weighted by atomic mass is 16.7. The highest BCUT2D eigenvalue weighted by Gasteiger charge is 2.51. The van der Waals surface area contributed by atoms with Crippen molar-refractivity contribution in [3.05, 3.63) is 17.7 Å². The molecule has 0 aliphatic carbocycles. The number of aliphatic carboxylic acids is 1. The van der Waals surface area contributed by atoms with Crippen LogP contribution in [0.4, 0.5) is 0 Å². The number of unbranched alkanes of at least 4 members (excludes halogenated alkanes) is 1. The average Bonchev–Trinajstić information content (AvgIpc) is 3.66. The van der Waals surface area contributed by atoms with Crippen molar-refractivity contribution >= 4 is 11.9 Å². The van der Waals surface area contributed by atoms with Gasteiger partial charge in [-0.15, -0.1) is 0 Å². The Morgan fingerprint density at radius 3 is 2.59 bits per heavy atom. The number of methoxy groups -OCH3 is 1. The van der Waals surface area contributed by atoms with Crippen molar-refractivity contribution in [3.63, 3.8) is 0 Å². The molecule has 3 N–H and O–H groups in total. The molecule has 4 rings (SSSR count). The van der Waals surface area contributed by atoms with Crippen molar-refractivity contribution in [3.8, 4) is 17.2 Å². The molecule has 3 aliphatic rings. The van der Waals surface area contributed by atoms with Gasteiger partial charge >= 0.3 is 5.97 Å². The quantitative estimate of drug-likeness (QED) is 0.377. The average molecular weight is 550 g/mol. The fourth-order valence-corrected chi connectivity index (χ4v) is 6.03. The fraction of sp³-hybridized carbons (Fsp3) is 0.714. The SMILES string of the molecule is CCCCN(CCN)C(=O)CN1C[C@H](c2cc(OC)c3c(c2)OCO3)[C@@H](C(=O)O)[C@@H]1CC(C)(C)C1OCCO1. The molecule has 2 saturated heterocycles. The van der Waals surface area contributed by atoms with Gasteiger partial charge in [-0.3, -0.25) is 14.5 Å². The molecule has 1 aromatic rings. The summed E-state index contributed by atoms with van der Waals surface area (Å²) in [7, 11) is 1.55. The van der Waals surface area contributed by atoms with Gasteiger partial charge in [-0.05, 0) is 30.5 Å². The summed E-state index contributed by atoms with van der Waals surface area (Å²) in [6.45, 7) is 9.21. The number of ether oxygens (including phenoxy) is 5. The molecule has 0 spiro atoms. The van der Waals surface area contributed by atoms with Gasteiger partial charge < -0.3 is 39.4 Å². The Labute approximate surface area is 230 Å². The minimum Gasteiger partial charge on any atom is -0.493 e. The van der Waals surface area contributed by atoms with Gasteiger partial charge in [0, 0.05) is 43.6 Å². The van der Waals surface area contributed by atoms with Gasteiger partial charge in [-0.1, -0.05) is 27.2 Å². The lowest BCUT2D eigenvalue weighted by molar-refractivity contribution is -0.148. The molecule has 0 aromatic heterocycles. The Morgan fingerprint density at radius 2 is 1.95 bits per heavy atom. The Morgan fingerprint density at radius 1 is 1.21 bits per heavy atom. The van der Waals surface area contributed by atoms with Crippen molar-refractivity contribution in [1.82, 2.24) is 9.80 Å². The molecule has 1 aromatic carbocycles. The second kappa shape index (κ2) is 12.7. The first-order valence-corrected chi connectivity index (χ1v) is 13.9. The zero-order chi connectivity index (χ0) is 28.2. The lowest BCUT2D eigenvalue weighted by Gasteiger charge is -2.37. The molecular formula is C28H43N3O8. The maximum Gasteiger partial charge on any atom is 0.308 e. The number of carboxylic acid groups (broad SMARTS) is 1. The van der Waals surface area contributed by atoms with Crippen LogP contribution < -0.4 is 19.9 Å². The van der Waals surface area contributed by atoms with E-state index in [0.717, 1.165) is 18.4 Å². The molecule has 0 bridgehead atoms. The number of fused-ring (bicyclic) bond motifs is 1. The van der Waals surface area contributed by atoms with Gasteiger partial charge in [0.05, 0.1) is 32.8 Å². The Hall–Kier alpha value is -2.60. The lowest BCUT2D eigenvalue weighted by atomic mass is 9.77. The second-order valence-corrected chi connectivity index (χ2v) is 11.2. The zero-order valence-corrected chi connectivity index (χ0v) is 23.5. The minimum atomic E-state index is -0.912. The van der Waals surface area contributed by atoms with Gasteiger partial charge in [0.1, 0.15) is 0 Å². The van der Waals surface area contributed by atoms with Crippen LogP contribution in [0.25, 0.3) is 0 Å². The Balaban J connectivity index is 1.67. The lowest BCUT2D eigenvalue weighted by Crippen LogP contribution is -2.48. The molecule has 3 heterocycles. The molecule has 218 valence electrons. The molecule has 3 atom stereocenters. The van der Waals surface area contributed by atoms with E-state index in [1.807, 2.05) is 30.9 Å². The number of hydrogen-bond donors (Lipinski definition) is 2. The van der Waals surface area contributed by atoms with E-state index in [0.29, 0.717) is 63.1 Å². The summed E-state index contributed by atoms with van der Waals surface area (Å²) in [4.78, 5) is 30.2.